The number of carbonyl (C=O) groups is 2. The van der Waals surface area contributed by atoms with Crippen LogP contribution < -0.4 is 5.32 Å². The second-order valence-electron chi connectivity index (χ2n) is 6.72. The minimum Gasteiger partial charge on any atom is -0.450 e. The van der Waals surface area contributed by atoms with Gasteiger partial charge in [0.2, 0.25) is 5.91 Å². The smallest absolute Gasteiger partial charge is 0.410 e. The Labute approximate surface area is 168 Å². The normalized spacial score (nSPS) is 12.8. The van der Waals surface area contributed by atoms with E-state index >= 15 is 0 Å². The Hall–Kier alpha value is -2.85. The van der Waals surface area contributed by atoms with Gasteiger partial charge in [0.15, 0.2) is 0 Å². The van der Waals surface area contributed by atoms with Crippen molar-refractivity contribution in [3.63, 3.8) is 0 Å². The molecule has 0 atom stereocenters. The number of benzene rings is 1. The molecule has 0 fully saturated rings. The highest BCUT2D eigenvalue weighted by Gasteiger charge is 2.28. The number of thiophene rings is 1. The van der Waals surface area contributed by atoms with E-state index in [1.54, 1.807) is 11.8 Å². The van der Waals surface area contributed by atoms with Crippen LogP contribution in [0.15, 0.2) is 24.3 Å². The number of ether oxygens (including phenoxy) is 1. The van der Waals surface area contributed by atoms with Crippen LogP contribution in [0, 0.1) is 18.3 Å². The van der Waals surface area contributed by atoms with Crippen molar-refractivity contribution in [2.24, 2.45) is 0 Å². The molecule has 1 aromatic carbocycles. The summed E-state index contributed by atoms with van der Waals surface area (Å²) in [5, 5.41) is 13.0. The maximum absolute atomic E-state index is 12.4. The Morgan fingerprint density at radius 1 is 1.32 bits per heavy atom. The fourth-order valence-electron chi connectivity index (χ4n) is 3.18. The molecule has 146 valence electrons. The van der Waals surface area contributed by atoms with Gasteiger partial charge in [0.1, 0.15) is 11.1 Å². The number of rotatable bonds is 5. The molecule has 2 aromatic rings. The van der Waals surface area contributed by atoms with Gasteiger partial charge < -0.3 is 15.0 Å². The number of nitriles is 1. The topological polar surface area (TPSA) is 82.4 Å². The highest BCUT2D eigenvalue weighted by atomic mass is 32.1. The molecule has 1 aliphatic heterocycles. The second kappa shape index (κ2) is 8.89. The largest absolute Gasteiger partial charge is 0.450 e. The fraction of sp³-hybridized carbons (Fsp3) is 0.381. The minimum atomic E-state index is -0.344. The van der Waals surface area contributed by atoms with E-state index in [4.69, 9.17) is 4.74 Å². The third kappa shape index (κ3) is 4.52. The van der Waals surface area contributed by atoms with Gasteiger partial charge in [-0.2, -0.15) is 5.26 Å². The molecule has 0 spiro atoms. The van der Waals surface area contributed by atoms with Crippen LogP contribution in [0.5, 0.6) is 0 Å². The van der Waals surface area contributed by atoms with E-state index < -0.39 is 0 Å². The Morgan fingerprint density at radius 3 is 2.75 bits per heavy atom. The maximum atomic E-state index is 12.4. The highest BCUT2D eigenvalue weighted by Crippen LogP contribution is 2.36. The molecule has 0 bridgehead atoms. The standard InChI is InChI=1S/C21H23N3O3S/c1-3-27-21(26)24-11-10-16-17(12-22)20(28-18(16)13-24)23-19(25)9-8-15-6-4-14(2)5-7-15/h4-7H,3,8-11,13H2,1-2H3,(H,23,25). The lowest BCUT2D eigenvalue weighted by Crippen LogP contribution is -2.35. The number of aryl methyl sites for hydroxylation is 2. The second-order valence-corrected chi connectivity index (χ2v) is 7.83. The maximum Gasteiger partial charge on any atom is 0.410 e. The first-order valence-corrected chi connectivity index (χ1v) is 10.1. The Morgan fingerprint density at radius 2 is 2.07 bits per heavy atom. The average molecular weight is 398 g/mol. The van der Waals surface area contributed by atoms with Gasteiger partial charge in [0, 0.05) is 17.8 Å². The van der Waals surface area contributed by atoms with Crippen LogP contribution >= 0.6 is 11.3 Å². The molecule has 0 radical (unpaired) electrons. The Kier molecular flexibility index (Phi) is 6.32. The minimum absolute atomic E-state index is 0.113. The third-order valence-corrected chi connectivity index (χ3v) is 5.84. The number of hydrogen-bond acceptors (Lipinski definition) is 5. The first kappa shape index (κ1) is 19.9. The summed E-state index contributed by atoms with van der Waals surface area (Å²) >= 11 is 1.37. The van der Waals surface area contributed by atoms with Gasteiger partial charge in [-0.25, -0.2) is 4.79 Å². The summed E-state index contributed by atoms with van der Waals surface area (Å²) in [7, 11) is 0. The van der Waals surface area contributed by atoms with Crippen molar-refractivity contribution >= 4 is 28.3 Å². The van der Waals surface area contributed by atoms with Crippen LogP contribution in [-0.4, -0.2) is 30.1 Å². The fourth-order valence-corrected chi connectivity index (χ4v) is 4.41. The summed E-state index contributed by atoms with van der Waals surface area (Å²) in [4.78, 5) is 26.9. The molecule has 2 amide bonds. The van der Waals surface area contributed by atoms with Gasteiger partial charge in [-0.05, 0) is 37.8 Å². The Balaban J connectivity index is 1.66. The first-order valence-electron chi connectivity index (χ1n) is 9.33. The van der Waals surface area contributed by atoms with Crippen molar-refractivity contribution in [1.29, 1.82) is 5.26 Å². The lowest BCUT2D eigenvalue weighted by Gasteiger charge is -2.25. The first-order chi connectivity index (χ1) is 13.5. The zero-order valence-corrected chi connectivity index (χ0v) is 16.9. The van der Waals surface area contributed by atoms with Crippen molar-refractivity contribution in [3.8, 4) is 6.07 Å². The number of hydrogen-bond donors (Lipinski definition) is 1. The predicted molar refractivity (Wildman–Crippen MR) is 108 cm³/mol. The van der Waals surface area contributed by atoms with Gasteiger partial charge in [-0.3, -0.25) is 4.79 Å². The van der Waals surface area contributed by atoms with E-state index in [1.807, 2.05) is 31.2 Å². The number of anilines is 1. The zero-order chi connectivity index (χ0) is 20.1. The molecule has 1 N–H and O–H groups in total. The van der Waals surface area contributed by atoms with Crippen molar-refractivity contribution in [2.45, 2.75) is 39.7 Å². The lowest BCUT2D eigenvalue weighted by atomic mass is 10.0. The molecule has 0 unspecified atom stereocenters. The van der Waals surface area contributed by atoms with Crippen molar-refractivity contribution in [3.05, 3.63) is 51.4 Å². The van der Waals surface area contributed by atoms with Crippen LogP contribution in [0.2, 0.25) is 0 Å². The van der Waals surface area contributed by atoms with Crippen molar-refractivity contribution in [2.75, 3.05) is 18.5 Å². The quantitative estimate of drug-likeness (QED) is 0.826. The van der Waals surface area contributed by atoms with E-state index in [1.165, 1.54) is 16.9 Å². The number of fused-ring (bicyclic) bond motifs is 1. The third-order valence-electron chi connectivity index (χ3n) is 4.71. The van der Waals surface area contributed by atoms with Gasteiger partial charge in [0.05, 0.1) is 18.7 Å². The van der Waals surface area contributed by atoms with Crippen LogP contribution in [0.4, 0.5) is 9.80 Å². The molecule has 3 rings (SSSR count). The summed E-state index contributed by atoms with van der Waals surface area (Å²) in [6.07, 6.45) is 1.25. The summed E-state index contributed by atoms with van der Waals surface area (Å²) in [5.74, 6) is -0.113. The molecule has 28 heavy (non-hydrogen) atoms. The van der Waals surface area contributed by atoms with E-state index in [0.717, 1.165) is 16.0 Å². The number of nitrogens with zero attached hydrogens (tertiary/aromatic N) is 2. The highest BCUT2D eigenvalue weighted by molar-refractivity contribution is 7.16. The number of nitrogens with one attached hydrogen (secondary N) is 1. The summed E-state index contributed by atoms with van der Waals surface area (Å²) in [5.41, 5.74) is 3.75. The molecule has 0 saturated carbocycles. The number of carbonyl (C=O) groups excluding carboxylic acids is 2. The van der Waals surface area contributed by atoms with E-state index in [9.17, 15) is 14.9 Å². The lowest BCUT2D eigenvalue weighted by molar-refractivity contribution is -0.116. The van der Waals surface area contributed by atoms with Gasteiger partial charge in [-0.1, -0.05) is 29.8 Å². The molecule has 0 aliphatic carbocycles. The van der Waals surface area contributed by atoms with Gasteiger partial charge in [0.25, 0.3) is 0 Å². The molecular formula is C21H23N3O3S. The van der Waals surface area contributed by atoms with Crippen LogP contribution in [-0.2, 0) is 28.9 Å². The molecule has 1 aromatic heterocycles. The van der Waals surface area contributed by atoms with E-state index in [-0.39, 0.29) is 12.0 Å². The average Bonchev–Trinajstić information content (AvgIpc) is 3.03. The molecular weight excluding hydrogens is 374 g/mol. The molecule has 2 heterocycles. The van der Waals surface area contributed by atoms with Crippen molar-refractivity contribution < 1.29 is 14.3 Å². The molecule has 6 nitrogen and oxygen atoms in total. The van der Waals surface area contributed by atoms with Crippen LogP contribution in [0.3, 0.4) is 0 Å². The molecule has 0 saturated heterocycles. The Bertz CT molecular complexity index is 912. The van der Waals surface area contributed by atoms with E-state index in [0.29, 0.717) is 49.5 Å². The predicted octanol–water partition coefficient (Wildman–Crippen LogP) is 4.01. The van der Waals surface area contributed by atoms with Gasteiger partial charge >= 0.3 is 6.09 Å². The summed E-state index contributed by atoms with van der Waals surface area (Å²) in [6.45, 7) is 5.06. The number of amides is 2. The van der Waals surface area contributed by atoms with E-state index in [2.05, 4.69) is 11.4 Å². The molecule has 7 heteroatoms. The monoisotopic (exact) mass is 397 g/mol. The van der Waals surface area contributed by atoms with Crippen LogP contribution in [0.1, 0.15) is 40.5 Å². The molecule has 1 aliphatic rings. The van der Waals surface area contributed by atoms with Crippen LogP contribution in [0.25, 0.3) is 0 Å². The van der Waals surface area contributed by atoms with Crippen molar-refractivity contribution in [1.82, 2.24) is 4.90 Å². The zero-order valence-electron chi connectivity index (χ0n) is 16.1. The summed E-state index contributed by atoms with van der Waals surface area (Å²) < 4.78 is 5.06. The summed E-state index contributed by atoms with van der Waals surface area (Å²) in [6, 6.07) is 10.3. The SMILES string of the molecule is CCOC(=O)N1CCc2c(sc(NC(=O)CCc3ccc(C)cc3)c2C#N)C1. The van der Waals surface area contributed by atoms with Gasteiger partial charge in [-0.15, -0.1) is 11.3 Å².